The maximum absolute atomic E-state index is 4.44. The molecule has 6 heteroatoms. The molecule has 0 aliphatic carbocycles. The van der Waals surface area contributed by atoms with Crippen molar-refractivity contribution in [3.8, 4) is 5.69 Å². The van der Waals surface area contributed by atoms with E-state index < -0.39 is 0 Å². The SMILES string of the molecule is C[C@H](NCc1cnn(C(C)(C)C)c1)c1ccc(-n2cncn2)cc1. The van der Waals surface area contributed by atoms with Crippen molar-refractivity contribution in [2.24, 2.45) is 0 Å². The fraction of sp³-hybridized carbons (Fsp3) is 0.389. The van der Waals surface area contributed by atoms with Crippen molar-refractivity contribution in [1.82, 2.24) is 29.9 Å². The van der Waals surface area contributed by atoms with Crippen LogP contribution < -0.4 is 5.32 Å². The predicted octanol–water partition coefficient (Wildman–Crippen LogP) is 3.07. The van der Waals surface area contributed by atoms with Crippen molar-refractivity contribution >= 4 is 0 Å². The topological polar surface area (TPSA) is 60.6 Å². The van der Waals surface area contributed by atoms with Crippen LogP contribution in [0.1, 0.15) is 44.9 Å². The average Bonchev–Trinajstić information content (AvgIpc) is 3.23. The molecule has 3 rings (SSSR count). The fourth-order valence-corrected chi connectivity index (χ4v) is 2.46. The summed E-state index contributed by atoms with van der Waals surface area (Å²) < 4.78 is 3.75. The van der Waals surface area contributed by atoms with Gasteiger partial charge in [0.25, 0.3) is 0 Å². The lowest BCUT2D eigenvalue weighted by Crippen LogP contribution is -2.22. The highest BCUT2D eigenvalue weighted by Crippen LogP contribution is 2.17. The second kappa shape index (κ2) is 6.57. The van der Waals surface area contributed by atoms with Gasteiger partial charge in [-0.3, -0.25) is 4.68 Å². The highest BCUT2D eigenvalue weighted by atomic mass is 15.3. The normalized spacial score (nSPS) is 13.2. The quantitative estimate of drug-likeness (QED) is 0.783. The van der Waals surface area contributed by atoms with Gasteiger partial charge in [0.15, 0.2) is 0 Å². The van der Waals surface area contributed by atoms with Gasteiger partial charge in [-0.15, -0.1) is 0 Å². The van der Waals surface area contributed by atoms with Gasteiger partial charge in [-0.1, -0.05) is 12.1 Å². The molecule has 1 N–H and O–H groups in total. The summed E-state index contributed by atoms with van der Waals surface area (Å²) >= 11 is 0. The molecule has 126 valence electrons. The van der Waals surface area contributed by atoms with Crippen molar-refractivity contribution in [3.63, 3.8) is 0 Å². The first-order valence-electron chi connectivity index (χ1n) is 8.16. The Bertz CT molecular complexity index is 765. The molecule has 24 heavy (non-hydrogen) atoms. The van der Waals surface area contributed by atoms with E-state index in [1.54, 1.807) is 11.0 Å². The molecule has 0 unspecified atom stereocenters. The molecular formula is C18H24N6. The van der Waals surface area contributed by atoms with Crippen LogP contribution in [-0.2, 0) is 12.1 Å². The van der Waals surface area contributed by atoms with Crippen LogP contribution in [0.2, 0.25) is 0 Å². The molecule has 0 fully saturated rings. The first-order chi connectivity index (χ1) is 11.4. The molecular weight excluding hydrogens is 300 g/mol. The molecule has 0 spiro atoms. The maximum atomic E-state index is 4.44. The number of hydrogen-bond acceptors (Lipinski definition) is 4. The molecule has 2 heterocycles. The summed E-state index contributed by atoms with van der Waals surface area (Å²) in [6.45, 7) is 9.41. The summed E-state index contributed by atoms with van der Waals surface area (Å²) in [5, 5.41) is 12.1. The van der Waals surface area contributed by atoms with Gasteiger partial charge in [0.1, 0.15) is 12.7 Å². The Balaban J connectivity index is 1.61. The van der Waals surface area contributed by atoms with E-state index in [4.69, 9.17) is 0 Å². The van der Waals surface area contributed by atoms with Crippen molar-refractivity contribution in [1.29, 1.82) is 0 Å². The Morgan fingerprint density at radius 2 is 1.88 bits per heavy atom. The highest BCUT2D eigenvalue weighted by Gasteiger charge is 2.14. The van der Waals surface area contributed by atoms with Gasteiger partial charge in [0.2, 0.25) is 0 Å². The van der Waals surface area contributed by atoms with E-state index in [1.807, 2.05) is 10.9 Å². The molecule has 0 amide bonds. The zero-order valence-electron chi connectivity index (χ0n) is 14.6. The van der Waals surface area contributed by atoms with Crippen LogP contribution in [0.5, 0.6) is 0 Å². The van der Waals surface area contributed by atoms with Crippen LogP contribution in [-0.4, -0.2) is 24.5 Å². The third-order valence-corrected chi connectivity index (χ3v) is 4.01. The molecule has 2 aromatic heterocycles. The molecule has 0 saturated heterocycles. The number of nitrogens with one attached hydrogen (secondary N) is 1. The summed E-state index contributed by atoms with van der Waals surface area (Å²) in [4.78, 5) is 3.97. The zero-order valence-corrected chi connectivity index (χ0v) is 14.6. The summed E-state index contributed by atoms with van der Waals surface area (Å²) in [5.41, 5.74) is 3.45. The van der Waals surface area contributed by atoms with Crippen LogP contribution >= 0.6 is 0 Å². The minimum atomic E-state index is 0.0149. The smallest absolute Gasteiger partial charge is 0.138 e. The molecule has 1 aromatic carbocycles. The van der Waals surface area contributed by atoms with E-state index in [-0.39, 0.29) is 11.6 Å². The zero-order chi connectivity index (χ0) is 17.2. The third kappa shape index (κ3) is 3.71. The number of benzene rings is 1. The second-order valence-corrected chi connectivity index (χ2v) is 7.00. The molecule has 0 aliphatic heterocycles. The van der Waals surface area contributed by atoms with Crippen LogP contribution in [0.4, 0.5) is 0 Å². The van der Waals surface area contributed by atoms with E-state index in [0.29, 0.717) is 0 Å². The average molecular weight is 324 g/mol. The van der Waals surface area contributed by atoms with E-state index in [0.717, 1.165) is 12.2 Å². The van der Waals surface area contributed by atoms with Crippen LogP contribution in [0.15, 0.2) is 49.3 Å². The predicted molar refractivity (Wildman–Crippen MR) is 93.8 cm³/mol. The highest BCUT2D eigenvalue weighted by molar-refractivity contribution is 5.34. The monoisotopic (exact) mass is 324 g/mol. The lowest BCUT2D eigenvalue weighted by atomic mass is 10.1. The molecule has 0 radical (unpaired) electrons. The van der Waals surface area contributed by atoms with Gasteiger partial charge in [-0.05, 0) is 45.4 Å². The van der Waals surface area contributed by atoms with Crippen LogP contribution in [0.3, 0.4) is 0 Å². The Hall–Kier alpha value is -2.47. The van der Waals surface area contributed by atoms with Gasteiger partial charge < -0.3 is 5.32 Å². The van der Waals surface area contributed by atoms with E-state index in [2.05, 4.69) is 78.7 Å². The largest absolute Gasteiger partial charge is 0.306 e. The van der Waals surface area contributed by atoms with Crippen LogP contribution in [0, 0.1) is 0 Å². The molecule has 0 saturated carbocycles. The Kier molecular flexibility index (Phi) is 4.49. The molecule has 0 aliphatic rings. The number of nitrogens with zero attached hydrogens (tertiary/aromatic N) is 5. The number of aromatic nitrogens is 5. The van der Waals surface area contributed by atoms with Gasteiger partial charge in [0, 0.05) is 24.3 Å². The molecule has 0 bridgehead atoms. The summed E-state index contributed by atoms with van der Waals surface area (Å²) in [5.74, 6) is 0. The Morgan fingerprint density at radius 1 is 1.12 bits per heavy atom. The second-order valence-electron chi connectivity index (χ2n) is 7.00. The first-order valence-corrected chi connectivity index (χ1v) is 8.16. The summed E-state index contributed by atoms with van der Waals surface area (Å²) in [7, 11) is 0. The van der Waals surface area contributed by atoms with Gasteiger partial charge in [-0.25, -0.2) is 9.67 Å². The lowest BCUT2D eigenvalue weighted by Gasteiger charge is -2.19. The van der Waals surface area contributed by atoms with Crippen molar-refractivity contribution in [3.05, 3.63) is 60.4 Å². The maximum Gasteiger partial charge on any atom is 0.138 e. The van der Waals surface area contributed by atoms with Gasteiger partial charge >= 0.3 is 0 Å². The number of hydrogen-bond donors (Lipinski definition) is 1. The van der Waals surface area contributed by atoms with Crippen molar-refractivity contribution in [2.75, 3.05) is 0 Å². The summed E-state index contributed by atoms with van der Waals surface area (Å²) in [6.07, 6.45) is 7.27. The minimum Gasteiger partial charge on any atom is -0.306 e. The van der Waals surface area contributed by atoms with Crippen molar-refractivity contribution in [2.45, 2.75) is 45.8 Å². The first kappa shape index (κ1) is 16.4. The van der Waals surface area contributed by atoms with Crippen LogP contribution in [0.25, 0.3) is 5.69 Å². The fourth-order valence-electron chi connectivity index (χ4n) is 2.46. The Morgan fingerprint density at radius 3 is 2.46 bits per heavy atom. The lowest BCUT2D eigenvalue weighted by molar-refractivity contribution is 0.355. The number of rotatable bonds is 5. The van der Waals surface area contributed by atoms with Gasteiger partial charge in [-0.2, -0.15) is 10.2 Å². The third-order valence-electron chi connectivity index (χ3n) is 4.01. The summed E-state index contributed by atoms with van der Waals surface area (Å²) in [6, 6.07) is 8.60. The van der Waals surface area contributed by atoms with Gasteiger partial charge in [0.05, 0.1) is 17.4 Å². The van der Waals surface area contributed by atoms with E-state index in [9.17, 15) is 0 Å². The minimum absolute atomic E-state index is 0.0149. The molecule has 6 nitrogen and oxygen atoms in total. The van der Waals surface area contributed by atoms with Crippen molar-refractivity contribution < 1.29 is 0 Å². The van der Waals surface area contributed by atoms with E-state index in [1.165, 1.54) is 17.5 Å². The Labute approximate surface area is 142 Å². The van der Waals surface area contributed by atoms with E-state index >= 15 is 0 Å². The molecule has 1 atom stereocenters. The standard InChI is InChI=1S/C18H24N6/c1-14(20-9-15-10-21-24(11-15)18(2,3)4)16-5-7-17(8-6-16)23-13-19-12-22-23/h5-8,10-14,20H,9H2,1-4H3/t14-/m0/s1. The molecule has 3 aromatic rings.